The molecule has 1 unspecified atom stereocenters. The van der Waals surface area contributed by atoms with Crippen molar-refractivity contribution in [3.63, 3.8) is 0 Å². The first-order valence-electron chi connectivity index (χ1n) is 14.2. The second-order valence-corrected chi connectivity index (χ2v) is 11.6. The van der Waals surface area contributed by atoms with Gasteiger partial charge in [-0.25, -0.2) is 15.0 Å². The number of aromatic nitrogens is 3. The molecule has 4 aromatic rings. The first kappa shape index (κ1) is 27.7. The molecule has 1 atom stereocenters. The van der Waals surface area contributed by atoms with Gasteiger partial charge in [-0.05, 0) is 69.1 Å². The molecule has 1 heterocycles. The van der Waals surface area contributed by atoms with Gasteiger partial charge in [0.05, 0.1) is 0 Å². The molecular weight excluding hydrogens is 462 g/mol. The SMILES string of the molecule is Cc1ccc(-c2nc(-c3ccc(CCC(C)CCCC(C)C)cc3)nc(-c3ccc(C)cc3C)n2)c(C)c1. The average Bonchev–Trinajstić information content (AvgIpc) is 2.87. The zero-order chi connectivity index (χ0) is 27.2. The summed E-state index contributed by atoms with van der Waals surface area (Å²) in [6.45, 7) is 15.5. The van der Waals surface area contributed by atoms with Crippen molar-refractivity contribution in [1.29, 1.82) is 0 Å². The van der Waals surface area contributed by atoms with Crippen LogP contribution in [0.1, 0.15) is 74.3 Å². The Morgan fingerprint density at radius 1 is 0.579 bits per heavy atom. The lowest BCUT2D eigenvalue weighted by Gasteiger charge is -2.13. The summed E-state index contributed by atoms with van der Waals surface area (Å²) in [6.07, 6.45) is 6.34. The first-order chi connectivity index (χ1) is 18.2. The van der Waals surface area contributed by atoms with E-state index in [1.807, 2.05) is 0 Å². The van der Waals surface area contributed by atoms with Gasteiger partial charge in [-0.1, -0.05) is 112 Å². The highest BCUT2D eigenvalue weighted by Gasteiger charge is 2.15. The highest BCUT2D eigenvalue weighted by molar-refractivity contribution is 5.69. The normalized spacial score (nSPS) is 12.2. The van der Waals surface area contributed by atoms with Gasteiger partial charge in [-0.2, -0.15) is 0 Å². The fraction of sp³-hybridized carbons (Fsp3) is 0.400. The van der Waals surface area contributed by atoms with Crippen LogP contribution in [0.5, 0.6) is 0 Å². The number of hydrogen-bond acceptors (Lipinski definition) is 3. The van der Waals surface area contributed by atoms with E-state index in [0.717, 1.165) is 52.4 Å². The molecular formula is C35H43N3. The lowest BCUT2D eigenvalue weighted by atomic mass is 9.94. The molecule has 0 aliphatic heterocycles. The third kappa shape index (κ3) is 7.16. The molecule has 0 saturated heterocycles. The Kier molecular flexibility index (Phi) is 9.09. The van der Waals surface area contributed by atoms with Gasteiger partial charge in [0.15, 0.2) is 17.5 Å². The fourth-order valence-electron chi connectivity index (χ4n) is 5.13. The van der Waals surface area contributed by atoms with E-state index < -0.39 is 0 Å². The highest BCUT2D eigenvalue weighted by atomic mass is 15.0. The Hall–Kier alpha value is -3.33. The molecule has 3 heteroatoms. The molecule has 0 fully saturated rings. The summed E-state index contributed by atoms with van der Waals surface area (Å²) in [6, 6.07) is 21.7. The second kappa shape index (κ2) is 12.5. The predicted octanol–water partition coefficient (Wildman–Crippen LogP) is 9.50. The third-order valence-electron chi connectivity index (χ3n) is 7.50. The maximum atomic E-state index is 4.97. The van der Waals surface area contributed by atoms with Crippen LogP contribution in [0, 0.1) is 39.5 Å². The highest BCUT2D eigenvalue weighted by Crippen LogP contribution is 2.29. The molecule has 0 N–H and O–H groups in total. The molecule has 0 aliphatic rings. The fourth-order valence-corrected chi connectivity index (χ4v) is 5.13. The summed E-state index contributed by atoms with van der Waals surface area (Å²) < 4.78 is 0. The van der Waals surface area contributed by atoms with Crippen LogP contribution >= 0.6 is 0 Å². The van der Waals surface area contributed by atoms with Crippen molar-refractivity contribution < 1.29 is 0 Å². The van der Waals surface area contributed by atoms with E-state index in [-0.39, 0.29) is 0 Å². The smallest absolute Gasteiger partial charge is 0.164 e. The molecule has 0 aliphatic carbocycles. The Morgan fingerprint density at radius 2 is 1.11 bits per heavy atom. The molecule has 4 rings (SSSR count). The minimum absolute atomic E-state index is 0.721. The van der Waals surface area contributed by atoms with Crippen LogP contribution in [0.15, 0.2) is 60.7 Å². The Bertz CT molecular complexity index is 1300. The maximum Gasteiger partial charge on any atom is 0.164 e. The second-order valence-electron chi connectivity index (χ2n) is 11.6. The molecule has 3 aromatic carbocycles. The Balaban J connectivity index is 1.62. The van der Waals surface area contributed by atoms with Gasteiger partial charge in [-0.15, -0.1) is 0 Å². The van der Waals surface area contributed by atoms with Crippen molar-refractivity contribution in [3.8, 4) is 34.2 Å². The van der Waals surface area contributed by atoms with Gasteiger partial charge in [0.25, 0.3) is 0 Å². The molecule has 198 valence electrons. The van der Waals surface area contributed by atoms with E-state index in [0.29, 0.717) is 0 Å². The summed E-state index contributed by atoms with van der Waals surface area (Å²) in [7, 11) is 0. The number of benzene rings is 3. The van der Waals surface area contributed by atoms with Crippen molar-refractivity contribution in [2.45, 2.75) is 80.6 Å². The van der Waals surface area contributed by atoms with Gasteiger partial charge in [0.2, 0.25) is 0 Å². The molecule has 1 aromatic heterocycles. The van der Waals surface area contributed by atoms with E-state index in [4.69, 9.17) is 15.0 Å². The molecule has 0 spiro atoms. The molecule has 0 bridgehead atoms. The molecule has 3 nitrogen and oxygen atoms in total. The van der Waals surface area contributed by atoms with Crippen LogP contribution in [0.4, 0.5) is 0 Å². The average molecular weight is 506 g/mol. The molecule has 0 radical (unpaired) electrons. The lowest BCUT2D eigenvalue weighted by molar-refractivity contribution is 0.437. The zero-order valence-electron chi connectivity index (χ0n) is 24.3. The van der Waals surface area contributed by atoms with Crippen LogP contribution in [-0.4, -0.2) is 15.0 Å². The minimum Gasteiger partial charge on any atom is -0.208 e. The zero-order valence-corrected chi connectivity index (χ0v) is 24.3. The van der Waals surface area contributed by atoms with E-state index in [1.165, 1.54) is 53.5 Å². The topological polar surface area (TPSA) is 38.7 Å². The van der Waals surface area contributed by atoms with E-state index >= 15 is 0 Å². The molecule has 0 amide bonds. The summed E-state index contributed by atoms with van der Waals surface area (Å²) in [5.74, 6) is 3.73. The van der Waals surface area contributed by atoms with Crippen LogP contribution in [0.25, 0.3) is 34.2 Å². The van der Waals surface area contributed by atoms with Crippen LogP contribution in [0.3, 0.4) is 0 Å². The Morgan fingerprint density at radius 3 is 1.61 bits per heavy atom. The molecule has 38 heavy (non-hydrogen) atoms. The van der Waals surface area contributed by atoms with Gasteiger partial charge in [-0.3, -0.25) is 0 Å². The molecule has 0 saturated carbocycles. The van der Waals surface area contributed by atoms with Crippen LogP contribution in [0.2, 0.25) is 0 Å². The first-order valence-corrected chi connectivity index (χ1v) is 14.2. The standard InChI is InChI=1S/C35H43N3/c1-23(2)9-8-10-24(3)11-14-29-15-17-30(18-16-29)33-36-34(31-19-12-25(4)21-27(31)6)38-35(37-33)32-20-13-26(5)22-28(32)7/h12-13,15-24H,8-11,14H2,1-7H3. The van der Waals surface area contributed by atoms with E-state index in [9.17, 15) is 0 Å². The number of nitrogens with zero attached hydrogens (tertiary/aromatic N) is 3. The largest absolute Gasteiger partial charge is 0.208 e. The number of hydrogen-bond donors (Lipinski definition) is 0. The number of aryl methyl sites for hydroxylation is 5. The van der Waals surface area contributed by atoms with Crippen molar-refractivity contribution in [3.05, 3.63) is 88.5 Å². The van der Waals surface area contributed by atoms with Gasteiger partial charge < -0.3 is 0 Å². The van der Waals surface area contributed by atoms with Gasteiger partial charge in [0, 0.05) is 16.7 Å². The monoisotopic (exact) mass is 505 g/mol. The van der Waals surface area contributed by atoms with Gasteiger partial charge >= 0.3 is 0 Å². The van der Waals surface area contributed by atoms with Gasteiger partial charge in [0.1, 0.15) is 0 Å². The summed E-state index contributed by atoms with van der Waals surface area (Å²) in [4.78, 5) is 14.9. The van der Waals surface area contributed by atoms with Crippen LogP contribution < -0.4 is 0 Å². The Labute approximate surface area is 229 Å². The van der Waals surface area contributed by atoms with Crippen molar-refractivity contribution in [2.75, 3.05) is 0 Å². The van der Waals surface area contributed by atoms with Crippen molar-refractivity contribution >= 4 is 0 Å². The summed E-state index contributed by atoms with van der Waals surface area (Å²) in [5, 5.41) is 0. The van der Waals surface area contributed by atoms with E-state index in [2.05, 4.69) is 109 Å². The van der Waals surface area contributed by atoms with Crippen molar-refractivity contribution in [2.24, 2.45) is 11.8 Å². The quantitative estimate of drug-likeness (QED) is 0.215. The van der Waals surface area contributed by atoms with Crippen molar-refractivity contribution in [1.82, 2.24) is 15.0 Å². The number of rotatable bonds is 10. The van der Waals surface area contributed by atoms with E-state index in [1.54, 1.807) is 0 Å². The minimum atomic E-state index is 0.721. The lowest BCUT2D eigenvalue weighted by Crippen LogP contribution is -2.02. The summed E-state index contributed by atoms with van der Waals surface area (Å²) >= 11 is 0. The maximum absolute atomic E-state index is 4.97. The van der Waals surface area contributed by atoms with Crippen LogP contribution in [-0.2, 0) is 6.42 Å². The third-order valence-corrected chi connectivity index (χ3v) is 7.50. The summed E-state index contributed by atoms with van der Waals surface area (Å²) in [5.41, 5.74) is 9.32. The predicted molar refractivity (Wildman–Crippen MR) is 161 cm³/mol.